The third kappa shape index (κ3) is 2.32. The lowest BCUT2D eigenvalue weighted by Crippen LogP contribution is -2.09. The second kappa shape index (κ2) is 4.09. The number of carbonyl (C=O) groups excluding carboxylic acids is 1. The van der Waals surface area contributed by atoms with E-state index in [1.54, 1.807) is 0 Å². The summed E-state index contributed by atoms with van der Waals surface area (Å²) < 4.78 is 30.0. The summed E-state index contributed by atoms with van der Waals surface area (Å²) in [5, 5.41) is 0. The summed E-state index contributed by atoms with van der Waals surface area (Å²) in [6.07, 6.45) is 0. The number of hydrogen-bond donors (Lipinski definition) is 0. The normalized spacial score (nSPS) is 10.1. The second-order valence-electron chi connectivity index (χ2n) is 2.48. The molecule has 0 unspecified atom stereocenters. The van der Waals surface area contributed by atoms with Gasteiger partial charge in [-0.3, -0.25) is 4.79 Å². The molecule has 70 valence electrons. The van der Waals surface area contributed by atoms with Gasteiger partial charge in [0.05, 0.1) is 5.56 Å². The van der Waals surface area contributed by atoms with E-state index in [1.807, 2.05) is 0 Å². The van der Waals surface area contributed by atoms with Crippen LogP contribution < -0.4 is 0 Å². The molecule has 0 aromatic heterocycles. The summed E-state index contributed by atoms with van der Waals surface area (Å²) in [4.78, 5) is 11.1. The molecule has 0 N–H and O–H groups in total. The molecule has 0 atom stereocenters. The maximum absolute atomic E-state index is 12.9. The van der Waals surface area contributed by atoms with Crippen molar-refractivity contribution in [2.75, 3.05) is 13.7 Å². The maximum atomic E-state index is 12.9. The lowest BCUT2D eigenvalue weighted by atomic mass is 10.1. The van der Waals surface area contributed by atoms with Crippen molar-refractivity contribution in [1.29, 1.82) is 0 Å². The van der Waals surface area contributed by atoms with Crippen molar-refractivity contribution in [3.05, 3.63) is 35.4 Å². The van der Waals surface area contributed by atoms with Crippen molar-refractivity contribution in [1.82, 2.24) is 0 Å². The molecule has 0 aliphatic rings. The highest BCUT2D eigenvalue weighted by Crippen LogP contribution is 2.10. The van der Waals surface area contributed by atoms with Crippen LogP contribution in [-0.4, -0.2) is 19.5 Å². The summed E-state index contributed by atoms with van der Waals surface area (Å²) in [7, 11) is 1.31. The molecule has 0 heterocycles. The van der Waals surface area contributed by atoms with Crippen LogP contribution in [0.4, 0.5) is 8.78 Å². The molecule has 0 saturated carbocycles. The van der Waals surface area contributed by atoms with E-state index in [1.165, 1.54) is 7.11 Å². The van der Waals surface area contributed by atoms with Gasteiger partial charge in [-0.2, -0.15) is 0 Å². The molecular formula is C9H8F2O2. The highest BCUT2D eigenvalue weighted by molar-refractivity contribution is 5.97. The van der Waals surface area contributed by atoms with Crippen LogP contribution in [0.1, 0.15) is 10.4 Å². The molecule has 0 aliphatic heterocycles. The first-order valence-electron chi connectivity index (χ1n) is 3.62. The second-order valence-corrected chi connectivity index (χ2v) is 2.48. The van der Waals surface area contributed by atoms with Gasteiger partial charge < -0.3 is 4.74 Å². The van der Waals surface area contributed by atoms with Crippen LogP contribution in [0.5, 0.6) is 0 Å². The van der Waals surface area contributed by atoms with Gasteiger partial charge in [0, 0.05) is 7.11 Å². The van der Waals surface area contributed by atoms with Crippen LogP contribution in [0.3, 0.4) is 0 Å². The molecule has 0 fully saturated rings. The average Bonchev–Trinajstić information content (AvgIpc) is 2.09. The summed E-state index contributed by atoms with van der Waals surface area (Å²) in [6, 6.07) is 2.73. The van der Waals surface area contributed by atoms with E-state index >= 15 is 0 Å². The fourth-order valence-electron chi connectivity index (χ4n) is 0.920. The molecule has 4 heteroatoms. The van der Waals surface area contributed by atoms with Crippen molar-refractivity contribution in [3.63, 3.8) is 0 Å². The first kappa shape index (κ1) is 9.80. The van der Waals surface area contributed by atoms with Crippen LogP contribution in [0.15, 0.2) is 18.2 Å². The first-order chi connectivity index (χ1) is 6.15. The molecule has 1 aromatic carbocycles. The number of ether oxygens (including phenoxy) is 1. The summed E-state index contributed by atoms with van der Waals surface area (Å²) >= 11 is 0. The molecule has 0 bridgehead atoms. The van der Waals surface area contributed by atoms with Crippen molar-refractivity contribution in [2.24, 2.45) is 0 Å². The fraction of sp³-hybridized carbons (Fsp3) is 0.222. The number of hydrogen-bond acceptors (Lipinski definition) is 2. The molecule has 0 aliphatic carbocycles. The predicted octanol–water partition coefficient (Wildman–Crippen LogP) is 1.79. The van der Waals surface area contributed by atoms with Gasteiger partial charge in [0.1, 0.15) is 18.2 Å². The molecule has 2 nitrogen and oxygen atoms in total. The third-order valence-corrected chi connectivity index (χ3v) is 1.50. The number of rotatable bonds is 3. The minimum atomic E-state index is -0.733. The first-order valence-corrected chi connectivity index (χ1v) is 3.62. The van der Waals surface area contributed by atoms with Crippen LogP contribution in [0.2, 0.25) is 0 Å². The number of benzene rings is 1. The molecule has 1 rings (SSSR count). The number of ketones is 1. The Morgan fingerprint density at radius 2 is 2.15 bits per heavy atom. The smallest absolute Gasteiger partial charge is 0.191 e. The third-order valence-electron chi connectivity index (χ3n) is 1.50. The van der Waals surface area contributed by atoms with Gasteiger partial charge in [-0.15, -0.1) is 0 Å². The predicted molar refractivity (Wildman–Crippen MR) is 42.6 cm³/mol. The van der Waals surface area contributed by atoms with E-state index in [9.17, 15) is 13.6 Å². The molecule has 1 aromatic rings. The summed E-state index contributed by atoms with van der Waals surface area (Å²) in [5.74, 6) is -1.94. The summed E-state index contributed by atoms with van der Waals surface area (Å²) in [6.45, 7) is -0.250. The number of methoxy groups -OCH3 is 1. The van der Waals surface area contributed by atoms with Crippen molar-refractivity contribution in [3.8, 4) is 0 Å². The van der Waals surface area contributed by atoms with Gasteiger partial charge >= 0.3 is 0 Å². The lowest BCUT2D eigenvalue weighted by molar-refractivity contribution is 0.0843. The van der Waals surface area contributed by atoms with Gasteiger partial charge in [0.25, 0.3) is 0 Å². The SMILES string of the molecule is COCC(=O)c1cc(F)ccc1F. The number of halogens is 2. The van der Waals surface area contributed by atoms with Crippen molar-refractivity contribution in [2.45, 2.75) is 0 Å². The van der Waals surface area contributed by atoms with E-state index in [4.69, 9.17) is 0 Å². The Balaban J connectivity index is 2.99. The van der Waals surface area contributed by atoms with Crippen LogP contribution in [0, 0.1) is 11.6 Å². The summed E-state index contributed by atoms with van der Waals surface area (Å²) in [5.41, 5.74) is -0.276. The molecule has 0 saturated heterocycles. The standard InChI is InChI=1S/C9H8F2O2/c1-13-5-9(12)7-4-6(10)2-3-8(7)11/h2-4H,5H2,1H3. The Morgan fingerprint density at radius 1 is 1.46 bits per heavy atom. The quantitative estimate of drug-likeness (QED) is 0.673. The topological polar surface area (TPSA) is 26.3 Å². The van der Waals surface area contributed by atoms with E-state index in [0.29, 0.717) is 0 Å². The lowest BCUT2D eigenvalue weighted by Gasteiger charge is -2.00. The zero-order valence-electron chi connectivity index (χ0n) is 7.01. The van der Waals surface area contributed by atoms with Gasteiger partial charge in [0.2, 0.25) is 0 Å². The minimum absolute atomic E-state index is 0.250. The number of carbonyl (C=O) groups is 1. The van der Waals surface area contributed by atoms with E-state index < -0.39 is 17.4 Å². The van der Waals surface area contributed by atoms with Gasteiger partial charge in [-0.1, -0.05) is 0 Å². The Hall–Kier alpha value is -1.29. The molecule has 0 radical (unpaired) electrons. The average molecular weight is 186 g/mol. The van der Waals surface area contributed by atoms with E-state index in [2.05, 4.69) is 4.74 Å². The molecule has 0 spiro atoms. The zero-order valence-corrected chi connectivity index (χ0v) is 7.01. The maximum Gasteiger partial charge on any atom is 0.191 e. The Bertz CT molecular complexity index is 323. The van der Waals surface area contributed by atoms with Gasteiger partial charge in [-0.25, -0.2) is 8.78 Å². The Kier molecular flexibility index (Phi) is 3.08. The van der Waals surface area contributed by atoms with Crippen LogP contribution in [0.25, 0.3) is 0 Å². The van der Waals surface area contributed by atoms with Crippen LogP contribution >= 0.6 is 0 Å². The zero-order chi connectivity index (χ0) is 9.84. The minimum Gasteiger partial charge on any atom is -0.377 e. The van der Waals surface area contributed by atoms with Crippen LogP contribution in [-0.2, 0) is 4.74 Å². The number of Topliss-reactive ketones (excluding diaryl/α,β-unsaturated/α-hetero) is 1. The van der Waals surface area contributed by atoms with Crippen molar-refractivity contribution < 1.29 is 18.3 Å². The van der Waals surface area contributed by atoms with E-state index in [0.717, 1.165) is 18.2 Å². The van der Waals surface area contributed by atoms with Crippen molar-refractivity contribution >= 4 is 5.78 Å². The molecule has 0 amide bonds. The Morgan fingerprint density at radius 3 is 2.77 bits per heavy atom. The largest absolute Gasteiger partial charge is 0.377 e. The Labute approximate surface area is 74.1 Å². The highest BCUT2D eigenvalue weighted by atomic mass is 19.1. The monoisotopic (exact) mass is 186 g/mol. The molecule has 13 heavy (non-hydrogen) atoms. The van der Waals surface area contributed by atoms with Gasteiger partial charge in [0.15, 0.2) is 5.78 Å². The van der Waals surface area contributed by atoms with Gasteiger partial charge in [-0.05, 0) is 18.2 Å². The highest BCUT2D eigenvalue weighted by Gasteiger charge is 2.11. The molecular weight excluding hydrogens is 178 g/mol. The van der Waals surface area contributed by atoms with E-state index in [-0.39, 0.29) is 12.2 Å². The fourth-order valence-corrected chi connectivity index (χ4v) is 0.920.